The Bertz CT molecular complexity index is 1660. The molecule has 1 fully saturated rings. The predicted molar refractivity (Wildman–Crippen MR) is 196 cm³/mol. The van der Waals surface area contributed by atoms with Crippen molar-refractivity contribution < 1.29 is 34.1 Å². The fourth-order valence-corrected chi connectivity index (χ4v) is 6.79. The van der Waals surface area contributed by atoms with Gasteiger partial charge in [-0.2, -0.15) is 4.98 Å². The van der Waals surface area contributed by atoms with Gasteiger partial charge in [-0.1, -0.05) is 31.9 Å². The van der Waals surface area contributed by atoms with Crippen LogP contribution in [0.1, 0.15) is 50.2 Å². The molecule has 2 unspecified atom stereocenters. The van der Waals surface area contributed by atoms with Crippen LogP contribution in [-0.4, -0.2) is 122 Å². The smallest absolute Gasteiger partial charge is 0.321 e. The average Bonchev–Trinajstić information content (AvgIpc) is 3.51. The molecule has 16 nitrogen and oxygen atoms in total. The number of carbonyl (C=O) groups excluding carboxylic acids is 2. The number of hydrogen-bond acceptors (Lipinski definition) is 12. The molecule has 1 aromatic carbocycles. The summed E-state index contributed by atoms with van der Waals surface area (Å²) in [5, 5.41) is 23.1. The minimum absolute atomic E-state index is 0.0757. The van der Waals surface area contributed by atoms with E-state index < -0.39 is 29.1 Å². The number of benzene rings is 1. The fraction of sp³-hybridized carbons (Fsp3) is 0.529. The molecule has 0 radical (unpaired) electrons. The number of methoxy groups -OCH3 is 1. The van der Waals surface area contributed by atoms with E-state index in [9.17, 15) is 24.3 Å². The van der Waals surface area contributed by atoms with Crippen molar-refractivity contribution in [3.05, 3.63) is 41.6 Å². The van der Waals surface area contributed by atoms with Crippen LogP contribution in [0.15, 0.2) is 30.5 Å². The van der Waals surface area contributed by atoms with E-state index in [4.69, 9.17) is 21.3 Å². The lowest BCUT2D eigenvalue weighted by Crippen LogP contribution is -2.48. The van der Waals surface area contributed by atoms with Crippen LogP contribution in [-0.2, 0) is 32.3 Å². The highest BCUT2D eigenvalue weighted by atomic mass is 32.2. The lowest BCUT2D eigenvalue weighted by molar-refractivity contribution is -0.139. The maximum absolute atomic E-state index is 12.8. The van der Waals surface area contributed by atoms with Crippen molar-refractivity contribution in [1.29, 1.82) is 0 Å². The molecule has 278 valence electrons. The Balaban J connectivity index is 1.25. The standard InChI is InChI=1S/C34H49N9O7S/c1-3-4-5-10-38-31-30-25(39-34(36)40-31)9-12-43(30)20-23-7-6-22(17-26(23)50-2)19-41-13-15-42(16-14-41)29(45)8-11-37-28(44)18-27(33(48)49)51-21-24(35)32(46)47/h6-7,9,12,17,24,27H,3-5,8,10-11,13-16,18-21,35H2,1-2H3,(H,37,44)(H,46,47)(H,48,49)(H3,36,38,39,40). The third-order valence-electron chi connectivity index (χ3n) is 8.63. The van der Waals surface area contributed by atoms with Gasteiger partial charge in [0.15, 0.2) is 5.82 Å². The highest BCUT2D eigenvalue weighted by Crippen LogP contribution is 2.28. The minimum Gasteiger partial charge on any atom is -0.496 e. The Morgan fingerprint density at radius 1 is 1.02 bits per heavy atom. The average molecular weight is 728 g/mol. The molecule has 4 rings (SSSR count). The maximum atomic E-state index is 12.8. The molecule has 3 heterocycles. The molecule has 17 heteroatoms. The number of nitrogen functional groups attached to an aromatic ring is 1. The number of fused-ring (bicyclic) bond motifs is 1. The van der Waals surface area contributed by atoms with Crippen molar-refractivity contribution in [2.45, 2.75) is 63.4 Å². The van der Waals surface area contributed by atoms with Crippen molar-refractivity contribution in [2.24, 2.45) is 5.73 Å². The molecule has 0 saturated carbocycles. The second kappa shape index (κ2) is 19.1. The lowest BCUT2D eigenvalue weighted by atomic mass is 10.1. The van der Waals surface area contributed by atoms with Gasteiger partial charge in [-0.15, -0.1) is 11.8 Å². The number of hydrogen-bond donors (Lipinski definition) is 6. The Kier molecular flexibility index (Phi) is 14.7. The van der Waals surface area contributed by atoms with E-state index in [0.29, 0.717) is 39.3 Å². The summed E-state index contributed by atoms with van der Waals surface area (Å²) in [4.78, 5) is 60.4. The second-order valence-corrected chi connectivity index (χ2v) is 13.7. The Morgan fingerprint density at radius 3 is 2.47 bits per heavy atom. The molecule has 1 saturated heterocycles. The van der Waals surface area contributed by atoms with E-state index >= 15 is 0 Å². The number of carbonyl (C=O) groups is 4. The molecule has 2 aromatic heterocycles. The number of carboxylic acids is 2. The van der Waals surface area contributed by atoms with Crippen LogP contribution < -0.4 is 26.8 Å². The van der Waals surface area contributed by atoms with Crippen LogP contribution in [0.25, 0.3) is 11.0 Å². The van der Waals surface area contributed by atoms with E-state index in [-0.39, 0.29) is 37.0 Å². The molecule has 2 amide bonds. The molecule has 0 spiro atoms. The lowest BCUT2D eigenvalue weighted by Gasteiger charge is -2.35. The summed E-state index contributed by atoms with van der Waals surface area (Å²) in [6.07, 6.45) is 5.02. The third-order valence-corrected chi connectivity index (χ3v) is 9.95. The zero-order valence-corrected chi connectivity index (χ0v) is 30.0. The van der Waals surface area contributed by atoms with Crippen LogP contribution in [0.4, 0.5) is 11.8 Å². The van der Waals surface area contributed by atoms with Crippen molar-refractivity contribution in [1.82, 2.24) is 29.7 Å². The normalized spacial score (nSPS) is 14.6. The number of nitrogens with two attached hydrogens (primary N) is 2. The van der Waals surface area contributed by atoms with Gasteiger partial charge >= 0.3 is 11.9 Å². The largest absolute Gasteiger partial charge is 0.496 e. The Labute approximate surface area is 301 Å². The van der Waals surface area contributed by atoms with Crippen molar-refractivity contribution in [3.8, 4) is 5.75 Å². The van der Waals surface area contributed by atoms with Gasteiger partial charge in [-0.3, -0.25) is 24.1 Å². The summed E-state index contributed by atoms with van der Waals surface area (Å²) >= 11 is 0.801. The van der Waals surface area contributed by atoms with Crippen LogP contribution in [0.2, 0.25) is 0 Å². The molecule has 2 atom stereocenters. The minimum atomic E-state index is -1.24. The number of rotatable bonds is 20. The molecule has 1 aliphatic rings. The number of aliphatic carboxylic acids is 2. The van der Waals surface area contributed by atoms with Crippen molar-refractivity contribution >= 4 is 58.3 Å². The first-order valence-electron chi connectivity index (χ1n) is 17.1. The number of carboxylic acid groups (broad SMARTS) is 2. The molecule has 0 aliphatic carbocycles. The molecule has 1 aliphatic heterocycles. The number of ether oxygens (including phenoxy) is 1. The van der Waals surface area contributed by atoms with E-state index in [1.807, 2.05) is 18.3 Å². The van der Waals surface area contributed by atoms with Gasteiger partial charge in [-0.25, -0.2) is 4.98 Å². The number of nitrogens with zero attached hydrogens (tertiary/aromatic N) is 5. The summed E-state index contributed by atoms with van der Waals surface area (Å²) in [6.45, 7) is 6.77. The van der Waals surface area contributed by atoms with Crippen LogP contribution in [0, 0.1) is 0 Å². The molecule has 0 bridgehead atoms. The molecule has 51 heavy (non-hydrogen) atoms. The number of amides is 2. The van der Waals surface area contributed by atoms with Gasteiger partial charge < -0.3 is 46.5 Å². The summed E-state index contributed by atoms with van der Waals surface area (Å²) < 4.78 is 7.91. The summed E-state index contributed by atoms with van der Waals surface area (Å²) in [5.41, 5.74) is 15.2. The van der Waals surface area contributed by atoms with Gasteiger partial charge in [0, 0.05) is 76.2 Å². The third kappa shape index (κ3) is 11.5. The maximum Gasteiger partial charge on any atom is 0.321 e. The number of unbranched alkanes of at least 4 members (excludes halogenated alkanes) is 2. The number of nitrogens with one attached hydrogen (secondary N) is 2. The van der Waals surface area contributed by atoms with Gasteiger partial charge in [0.2, 0.25) is 17.8 Å². The molecular weight excluding hydrogens is 678 g/mol. The van der Waals surface area contributed by atoms with Crippen molar-refractivity contribution in [3.63, 3.8) is 0 Å². The summed E-state index contributed by atoms with van der Waals surface area (Å²) in [5.74, 6) is -1.51. The fourth-order valence-electron chi connectivity index (χ4n) is 5.79. The van der Waals surface area contributed by atoms with Gasteiger partial charge in [0.1, 0.15) is 22.6 Å². The number of thioether (sulfide) groups is 1. The van der Waals surface area contributed by atoms with Crippen LogP contribution >= 0.6 is 11.8 Å². The molecule has 8 N–H and O–H groups in total. The highest BCUT2D eigenvalue weighted by Gasteiger charge is 2.25. The van der Waals surface area contributed by atoms with E-state index in [1.165, 1.54) is 0 Å². The first kappa shape index (κ1) is 39.2. The second-order valence-electron chi connectivity index (χ2n) is 12.5. The quantitative estimate of drug-likeness (QED) is 0.0912. The van der Waals surface area contributed by atoms with Gasteiger partial charge in [0.25, 0.3) is 0 Å². The zero-order chi connectivity index (χ0) is 36.9. The first-order chi connectivity index (χ1) is 24.5. The highest BCUT2D eigenvalue weighted by molar-refractivity contribution is 8.00. The van der Waals surface area contributed by atoms with E-state index in [1.54, 1.807) is 12.0 Å². The number of piperazine rings is 1. The monoisotopic (exact) mass is 727 g/mol. The Hall–Kier alpha value is -4.61. The topological polar surface area (TPSA) is 231 Å². The van der Waals surface area contributed by atoms with Gasteiger partial charge in [0.05, 0.1) is 19.2 Å². The van der Waals surface area contributed by atoms with Crippen LogP contribution in [0.3, 0.4) is 0 Å². The van der Waals surface area contributed by atoms with E-state index in [2.05, 4.69) is 49.1 Å². The molecular formula is C34H49N9O7S. The first-order valence-corrected chi connectivity index (χ1v) is 18.2. The SMILES string of the molecule is CCCCCNc1nc(N)nc2ccn(Cc3ccc(CN4CCN(C(=O)CCNC(=O)CC(SCC(N)C(=O)O)C(=O)O)CC4)cc3OC)c12. The Morgan fingerprint density at radius 2 is 1.78 bits per heavy atom. The number of aromatic nitrogens is 3. The number of anilines is 2. The predicted octanol–water partition coefficient (Wildman–Crippen LogP) is 1.81. The zero-order valence-electron chi connectivity index (χ0n) is 29.2. The summed E-state index contributed by atoms with van der Waals surface area (Å²) in [7, 11) is 1.66. The van der Waals surface area contributed by atoms with Gasteiger partial charge in [-0.05, 0) is 24.1 Å². The molecule has 3 aromatic rings. The van der Waals surface area contributed by atoms with Crippen LogP contribution in [0.5, 0.6) is 5.75 Å². The van der Waals surface area contributed by atoms with Crippen molar-refractivity contribution in [2.75, 3.05) is 63.2 Å². The summed E-state index contributed by atoms with van der Waals surface area (Å²) in [6, 6.07) is 6.93. The van der Waals surface area contributed by atoms with E-state index in [0.717, 1.165) is 71.3 Å².